The lowest BCUT2D eigenvalue weighted by Crippen LogP contribution is -2.10. The topological polar surface area (TPSA) is 61.2 Å². The van der Waals surface area contributed by atoms with Crippen molar-refractivity contribution in [3.63, 3.8) is 0 Å². The van der Waals surface area contributed by atoms with Gasteiger partial charge in [-0.05, 0) is 29.1 Å². The standard InChI is InChI=1S/C13H11ClN2O2S/c1-16-9-3-2-7(6-10(9)18-13(16)17)11(15)12-8(14)4-5-19-12/h2-6,11H,15H2,1H3. The average Bonchev–Trinajstić information content (AvgIpc) is 2.93. The molecule has 0 fully saturated rings. The average molecular weight is 295 g/mol. The molecule has 0 aliphatic rings. The van der Waals surface area contributed by atoms with Crippen LogP contribution in [0.15, 0.2) is 38.9 Å². The minimum Gasteiger partial charge on any atom is -0.408 e. The summed E-state index contributed by atoms with van der Waals surface area (Å²) in [4.78, 5) is 12.4. The van der Waals surface area contributed by atoms with Crippen LogP contribution in [0, 0.1) is 0 Å². The van der Waals surface area contributed by atoms with Crippen molar-refractivity contribution in [1.82, 2.24) is 4.57 Å². The Kier molecular flexibility index (Phi) is 2.97. The van der Waals surface area contributed by atoms with Gasteiger partial charge in [0.25, 0.3) is 0 Å². The molecule has 98 valence electrons. The van der Waals surface area contributed by atoms with Crippen LogP contribution in [0.4, 0.5) is 0 Å². The number of oxazole rings is 1. The second-order valence-electron chi connectivity index (χ2n) is 4.26. The summed E-state index contributed by atoms with van der Waals surface area (Å²) in [5.41, 5.74) is 8.35. The first-order valence-corrected chi connectivity index (χ1v) is 6.91. The van der Waals surface area contributed by atoms with E-state index in [1.54, 1.807) is 13.1 Å². The third kappa shape index (κ3) is 2.00. The number of hydrogen-bond acceptors (Lipinski definition) is 4. The summed E-state index contributed by atoms with van der Waals surface area (Å²) < 4.78 is 6.62. The van der Waals surface area contributed by atoms with E-state index in [0.717, 1.165) is 16.0 Å². The van der Waals surface area contributed by atoms with Crippen molar-refractivity contribution in [3.8, 4) is 0 Å². The van der Waals surface area contributed by atoms with Crippen LogP contribution in [-0.4, -0.2) is 4.57 Å². The summed E-state index contributed by atoms with van der Waals surface area (Å²) in [6, 6.07) is 7.01. The number of nitrogens with two attached hydrogens (primary N) is 1. The van der Waals surface area contributed by atoms with Gasteiger partial charge < -0.3 is 10.2 Å². The van der Waals surface area contributed by atoms with E-state index in [0.29, 0.717) is 10.6 Å². The van der Waals surface area contributed by atoms with Gasteiger partial charge in [-0.15, -0.1) is 11.3 Å². The van der Waals surface area contributed by atoms with Gasteiger partial charge in [-0.25, -0.2) is 4.79 Å². The highest BCUT2D eigenvalue weighted by molar-refractivity contribution is 7.10. The van der Waals surface area contributed by atoms with Crippen molar-refractivity contribution in [3.05, 3.63) is 55.7 Å². The summed E-state index contributed by atoms with van der Waals surface area (Å²) in [6.45, 7) is 0. The van der Waals surface area contributed by atoms with E-state index in [4.69, 9.17) is 21.8 Å². The summed E-state index contributed by atoms with van der Waals surface area (Å²) >= 11 is 7.60. The minimum absolute atomic E-state index is 0.317. The van der Waals surface area contributed by atoms with Crippen molar-refractivity contribution >= 4 is 34.0 Å². The predicted octanol–water partition coefficient (Wildman–Crippen LogP) is 2.89. The Hall–Kier alpha value is -1.56. The molecule has 1 atom stereocenters. The Bertz CT molecular complexity index is 802. The van der Waals surface area contributed by atoms with Gasteiger partial charge >= 0.3 is 5.76 Å². The quantitative estimate of drug-likeness (QED) is 0.790. The first-order valence-electron chi connectivity index (χ1n) is 5.66. The van der Waals surface area contributed by atoms with Crippen molar-refractivity contribution in [1.29, 1.82) is 0 Å². The molecule has 1 aromatic carbocycles. The zero-order valence-electron chi connectivity index (χ0n) is 10.1. The van der Waals surface area contributed by atoms with Gasteiger partial charge in [0.15, 0.2) is 5.58 Å². The van der Waals surface area contributed by atoms with Gasteiger partial charge in [-0.3, -0.25) is 4.57 Å². The lowest BCUT2D eigenvalue weighted by molar-refractivity contribution is 0.527. The highest BCUT2D eigenvalue weighted by Crippen LogP contribution is 2.32. The van der Waals surface area contributed by atoms with Gasteiger partial charge in [0, 0.05) is 11.9 Å². The Morgan fingerprint density at radius 2 is 2.21 bits per heavy atom. The molecule has 0 saturated heterocycles. The minimum atomic E-state index is -0.380. The first kappa shape index (κ1) is 12.5. The Morgan fingerprint density at radius 3 is 2.89 bits per heavy atom. The number of halogens is 1. The number of benzene rings is 1. The van der Waals surface area contributed by atoms with E-state index in [1.807, 2.05) is 23.6 Å². The van der Waals surface area contributed by atoms with Crippen LogP contribution in [0.1, 0.15) is 16.5 Å². The van der Waals surface area contributed by atoms with Gasteiger partial charge in [-0.2, -0.15) is 0 Å². The fourth-order valence-corrected chi connectivity index (χ4v) is 3.23. The van der Waals surface area contributed by atoms with Crippen molar-refractivity contribution < 1.29 is 4.42 Å². The smallest absolute Gasteiger partial charge is 0.408 e. The number of rotatable bonds is 2. The van der Waals surface area contributed by atoms with Crippen LogP contribution in [0.3, 0.4) is 0 Å². The number of aromatic nitrogens is 1. The molecule has 3 rings (SSSR count). The van der Waals surface area contributed by atoms with Gasteiger partial charge in [-0.1, -0.05) is 17.7 Å². The molecule has 6 heteroatoms. The molecule has 2 heterocycles. The molecule has 0 bridgehead atoms. The maximum absolute atomic E-state index is 11.4. The summed E-state index contributed by atoms with van der Waals surface area (Å²) in [6.07, 6.45) is 0. The zero-order chi connectivity index (χ0) is 13.6. The summed E-state index contributed by atoms with van der Waals surface area (Å²) in [5, 5.41) is 2.56. The monoisotopic (exact) mass is 294 g/mol. The van der Waals surface area contributed by atoms with Gasteiger partial charge in [0.1, 0.15) is 0 Å². The normalized spacial score (nSPS) is 13.0. The van der Waals surface area contributed by atoms with E-state index < -0.39 is 0 Å². The van der Waals surface area contributed by atoms with Crippen molar-refractivity contribution in [2.75, 3.05) is 0 Å². The zero-order valence-corrected chi connectivity index (χ0v) is 11.7. The SMILES string of the molecule is Cn1c(=O)oc2cc(C(N)c3sccc3Cl)ccc21. The molecule has 0 aliphatic heterocycles. The molecule has 2 N–H and O–H groups in total. The molecule has 0 radical (unpaired) electrons. The number of hydrogen-bond donors (Lipinski definition) is 1. The molecule has 19 heavy (non-hydrogen) atoms. The van der Waals surface area contributed by atoms with Crippen LogP contribution in [0.25, 0.3) is 11.1 Å². The fraction of sp³-hybridized carbons (Fsp3) is 0.154. The molecule has 2 aromatic heterocycles. The van der Waals surface area contributed by atoms with Gasteiger partial charge in [0.05, 0.1) is 16.6 Å². The van der Waals surface area contributed by atoms with E-state index >= 15 is 0 Å². The molecule has 4 nitrogen and oxygen atoms in total. The van der Waals surface area contributed by atoms with Gasteiger partial charge in [0.2, 0.25) is 0 Å². The maximum atomic E-state index is 11.4. The van der Waals surface area contributed by atoms with Crippen LogP contribution < -0.4 is 11.5 Å². The molecule has 0 amide bonds. The largest absolute Gasteiger partial charge is 0.419 e. The molecule has 0 saturated carbocycles. The Morgan fingerprint density at radius 1 is 1.42 bits per heavy atom. The maximum Gasteiger partial charge on any atom is 0.419 e. The fourth-order valence-electron chi connectivity index (χ4n) is 2.02. The third-order valence-electron chi connectivity index (χ3n) is 3.10. The number of fused-ring (bicyclic) bond motifs is 1. The molecular formula is C13H11ClN2O2S. The van der Waals surface area contributed by atoms with E-state index in [2.05, 4.69) is 0 Å². The number of aryl methyl sites for hydroxylation is 1. The summed E-state index contributed by atoms with van der Waals surface area (Å²) in [7, 11) is 1.67. The highest BCUT2D eigenvalue weighted by atomic mass is 35.5. The van der Waals surface area contributed by atoms with Crippen LogP contribution in [0.2, 0.25) is 5.02 Å². The Balaban J connectivity index is 2.11. The van der Waals surface area contributed by atoms with E-state index in [9.17, 15) is 4.79 Å². The predicted molar refractivity (Wildman–Crippen MR) is 76.8 cm³/mol. The van der Waals surface area contributed by atoms with E-state index in [-0.39, 0.29) is 11.8 Å². The van der Waals surface area contributed by atoms with Crippen molar-refractivity contribution in [2.24, 2.45) is 12.8 Å². The number of thiophene rings is 1. The lowest BCUT2D eigenvalue weighted by Gasteiger charge is -2.10. The number of nitrogens with zero attached hydrogens (tertiary/aromatic N) is 1. The molecule has 0 spiro atoms. The lowest BCUT2D eigenvalue weighted by atomic mass is 10.1. The molecule has 1 unspecified atom stereocenters. The molecule has 0 aliphatic carbocycles. The van der Waals surface area contributed by atoms with Crippen molar-refractivity contribution in [2.45, 2.75) is 6.04 Å². The van der Waals surface area contributed by atoms with Crippen LogP contribution >= 0.6 is 22.9 Å². The second kappa shape index (κ2) is 4.52. The Labute approximate surface area is 118 Å². The third-order valence-corrected chi connectivity index (χ3v) is 4.54. The molecular weight excluding hydrogens is 284 g/mol. The summed E-state index contributed by atoms with van der Waals surface area (Å²) in [5.74, 6) is -0.380. The highest BCUT2D eigenvalue weighted by Gasteiger charge is 2.16. The molecule has 3 aromatic rings. The first-order chi connectivity index (χ1) is 9.08. The van der Waals surface area contributed by atoms with Crippen LogP contribution in [0.5, 0.6) is 0 Å². The second-order valence-corrected chi connectivity index (χ2v) is 5.62. The van der Waals surface area contributed by atoms with Crippen LogP contribution in [-0.2, 0) is 7.05 Å². The van der Waals surface area contributed by atoms with E-state index in [1.165, 1.54) is 15.9 Å².